The van der Waals surface area contributed by atoms with E-state index in [-0.39, 0.29) is 23.4 Å². The molecular weight excluding hydrogens is 178 g/mol. The van der Waals surface area contributed by atoms with Gasteiger partial charge in [-0.1, -0.05) is 20.8 Å². The number of amides is 1. The summed E-state index contributed by atoms with van der Waals surface area (Å²) in [6.07, 6.45) is 0. The van der Waals surface area contributed by atoms with Crippen molar-refractivity contribution < 1.29 is 9.53 Å². The highest BCUT2D eigenvalue weighted by atomic mass is 16.5. The SMILES string of the molecule is C[C@@H]1COC[C@@H](C)N1C(=O)C(C)(C)C. The van der Waals surface area contributed by atoms with Gasteiger partial charge in [0, 0.05) is 5.41 Å². The third kappa shape index (κ3) is 2.27. The van der Waals surface area contributed by atoms with Crippen LogP contribution in [0.3, 0.4) is 0 Å². The fourth-order valence-electron chi connectivity index (χ4n) is 1.79. The molecule has 1 heterocycles. The maximum Gasteiger partial charge on any atom is 0.228 e. The lowest BCUT2D eigenvalue weighted by atomic mass is 9.93. The van der Waals surface area contributed by atoms with Gasteiger partial charge in [0.2, 0.25) is 5.91 Å². The van der Waals surface area contributed by atoms with Gasteiger partial charge in [-0.25, -0.2) is 0 Å². The average molecular weight is 199 g/mol. The van der Waals surface area contributed by atoms with Crippen LogP contribution in [0, 0.1) is 5.41 Å². The lowest BCUT2D eigenvalue weighted by Gasteiger charge is -2.41. The van der Waals surface area contributed by atoms with E-state index in [0.29, 0.717) is 13.2 Å². The molecule has 0 bridgehead atoms. The molecule has 0 saturated carbocycles. The van der Waals surface area contributed by atoms with Crippen LogP contribution in [0.4, 0.5) is 0 Å². The Bertz CT molecular complexity index is 210. The van der Waals surface area contributed by atoms with Crippen LogP contribution in [0.2, 0.25) is 0 Å². The van der Waals surface area contributed by atoms with Gasteiger partial charge < -0.3 is 9.64 Å². The Kier molecular flexibility index (Phi) is 3.20. The molecule has 0 radical (unpaired) electrons. The highest BCUT2D eigenvalue weighted by molar-refractivity contribution is 5.82. The van der Waals surface area contributed by atoms with E-state index in [4.69, 9.17) is 4.74 Å². The Morgan fingerprint density at radius 2 is 1.64 bits per heavy atom. The van der Waals surface area contributed by atoms with E-state index in [0.717, 1.165) is 0 Å². The predicted molar refractivity (Wildman–Crippen MR) is 56.0 cm³/mol. The van der Waals surface area contributed by atoms with E-state index in [1.54, 1.807) is 0 Å². The second-order valence-electron chi connectivity index (χ2n) is 5.20. The molecule has 0 aliphatic carbocycles. The predicted octanol–water partition coefficient (Wildman–Crippen LogP) is 1.67. The van der Waals surface area contributed by atoms with Crippen molar-refractivity contribution in [2.24, 2.45) is 5.41 Å². The normalized spacial score (nSPS) is 29.1. The Morgan fingerprint density at radius 3 is 2.00 bits per heavy atom. The maximum absolute atomic E-state index is 12.1. The van der Waals surface area contributed by atoms with E-state index in [9.17, 15) is 4.79 Å². The number of carbonyl (C=O) groups is 1. The minimum absolute atomic E-state index is 0.200. The first kappa shape index (κ1) is 11.5. The van der Waals surface area contributed by atoms with E-state index < -0.39 is 0 Å². The second kappa shape index (κ2) is 3.89. The summed E-state index contributed by atoms with van der Waals surface area (Å²) in [5, 5.41) is 0. The summed E-state index contributed by atoms with van der Waals surface area (Å²) in [6.45, 7) is 11.3. The minimum atomic E-state index is -0.292. The molecule has 82 valence electrons. The number of nitrogens with zero attached hydrogens (tertiary/aromatic N) is 1. The van der Waals surface area contributed by atoms with Crippen molar-refractivity contribution in [3.8, 4) is 0 Å². The molecule has 1 aliphatic rings. The standard InChI is InChI=1S/C11H21NO2/c1-8-6-14-7-9(2)12(8)10(13)11(3,4)5/h8-9H,6-7H2,1-5H3/t8-,9-/m1/s1. The Hall–Kier alpha value is -0.570. The molecule has 3 nitrogen and oxygen atoms in total. The van der Waals surface area contributed by atoms with Crippen LogP contribution in [0.5, 0.6) is 0 Å². The summed E-state index contributed by atoms with van der Waals surface area (Å²) >= 11 is 0. The van der Waals surface area contributed by atoms with Gasteiger partial charge in [0.05, 0.1) is 25.3 Å². The van der Waals surface area contributed by atoms with E-state index in [2.05, 4.69) is 0 Å². The molecule has 14 heavy (non-hydrogen) atoms. The Morgan fingerprint density at radius 1 is 1.21 bits per heavy atom. The van der Waals surface area contributed by atoms with Crippen LogP contribution in [0.1, 0.15) is 34.6 Å². The van der Waals surface area contributed by atoms with Crippen LogP contribution in [0.15, 0.2) is 0 Å². The second-order valence-corrected chi connectivity index (χ2v) is 5.20. The fourth-order valence-corrected chi connectivity index (χ4v) is 1.79. The number of rotatable bonds is 0. The first-order valence-electron chi connectivity index (χ1n) is 5.24. The fraction of sp³-hybridized carbons (Fsp3) is 0.909. The molecule has 1 saturated heterocycles. The van der Waals surface area contributed by atoms with Gasteiger partial charge in [-0.15, -0.1) is 0 Å². The summed E-state index contributed by atoms with van der Waals surface area (Å²) in [6, 6.07) is 0.399. The number of ether oxygens (including phenoxy) is 1. The molecule has 0 unspecified atom stereocenters. The van der Waals surface area contributed by atoms with Gasteiger partial charge >= 0.3 is 0 Å². The summed E-state index contributed by atoms with van der Waals surface area (Å²) < 4.78 is 5.39. The van der Waals surface area contributed by atoms with Gasteiger partial charge in [-0.05, 0) is 13.8 Å². The lowest BCUT2D eigenvalue weighted by molar-refractivity contribution is -0.152. The molecule has 0 aromatic rings. The number of morpholine rings is 1. The molecule has 0 aromatic heterocycles. The summed E-state index contributed by atoms with van der Waals surface area (Å²) in [7, 11) is 0. The third-order valence-electron chi connectivity index (χ3n) is 2.54. The van der Waals surface area contributed by atoms with Gasteiger partial charge in [0.25, 0.3) is 0 Å². The van der Waals surface area contributed by atoms with Gasteiger partial charge in [-0.2, -0.15) is 0 Å². The molecule has 1 aliphatic heterocycles. The van der Waals surface area contributed by atoms with Crippen molar-refractivity contribution in [2.75, 3.05) is 13.2 Å². The van der Waals surface area contributed by atoms with Crippen molar-refractivity contribution in [3.05, 3.63) is 0 Å². The number of hydrogen-bond donors (Lipinski definition) is 0. The van der Waals surface area contributed by atoms with Gasteiger partial charge in [-0.3, -0.25) is 4.79 Å². The van der Waals surface area contributed by atoms with Crippen molar-refractivity contribution >= 4 is 5.91 Å². The molecule has 0 N–H and O–H groups in total. The molecule has 0 spiro atoms. The first-order chi connectivity index (χ1) is 6.34. The van der Waals surface area contributed by atoms with Crippen molar-refractivity contribution in [1.82, 2.24) is 4.90 Å². The molecule has 1 amide bonds. The van der Waals surface area contributed by atoms with Crippen LogP contribution in [-0.2, 0) is 9.53 Å². The monoisotopic (exact) mass is 199 g/mol. The van der Waals surface area contributed by atoms with Crippen molar-refractivity contribution in [2.45, 2.75) is 46.7 Å². The quantitative estimate of drug-likeness (QED) is 0.594. The van der Waals surface area contributed by atoms with Crippen LogP contribution < -0.4 is 0 Å². The maximum atomic E-state index is 12.1. The molecule has 1 fully saturated rings. The first-order valence-corrected chi connectivity index (χ1v) is 5.24. The summed E-state index contributed by atoms with van der Waals surface area (Å²) in [5.74, 6) is 0.223. The van der Waals surface area contributed by atoms with E-state index in [1.807, 2.05) is 39.5 Å². The minimum Gasteiger partial charge on any atom is -0.377 e. The highest BCUT2D eigenvalue weighted by Crippen LogP contribution is 2.23. The Balaban J connectivity index is 2.78. The third-order valence-corrected chi connectivity index (χ3v) is 2.54. The smallest absolute Gasteiger partial charge is 0.228 e. The molecular formula is C11H21NO2. The zero-order valence-corrected chi connectivity index (χ0v) is 9.83. The summed E-state index contributed by atoms with van der Waals surface area (Å²) in [5.41, 5.74) is -0.292. The van der Waals surface area contributed by atoms with E-state index in [1.165, 1.54) is 0 Å². The van der Waals surface area contributed by atoms with Crippen LogP contribution >= 0.6 is 0 Å². The van der Waals surface area contributed by atoms with Crippen molar-refractivity contribution in [1.29, 1.82) is 0 Å². The zero-order valence-electron chi connectivity index (χ0n) is 9.83. The molecule has 1 rings (SSSR count). The lowest BCUT2D eigenvalue weighted by Crippen LogP contribution is -2.55. The van der Waals surface area contributed by atoms with Crippen molar-refractivity contribution in [3.63, 3.8) is 0 Å². The zero-order chi connectivity index (χ0) is 10.9. The Labute approximate surface area is 86.4 Å². The largest absolute Gasteiger partial charge is 0.377 e. The molecule has 2 atom stereocenters. The molecule has 0 aromatic carbocycles. The van der Waals surface area contributed by atoms with E-state index >= 15 is 0 Å². The van der Waals surface area contributed by atoms with Gasteiger partial charge in [0.1, 0.15) is 0 Å². The van der Waals surface area contributed by atoms with Gasteiger partial charge in [0.15, 0.2) is 0 Å². The van der Waals surface area contributed by atoms with Crippen LogP contribution in [-0.4, -0.2) is 36.1 Å². The highest BCUT2D eigenvalue weighted by Gasteiger charge is 2.35. The summed E-state index contributed by atoms with van der Waals surface area (Å²) in [4.78, 5) is 14.1. The average Bonchev–Trinajstić information content (AvgIpc) is 2.01. The molecule has 3 heteroatoms. The number of carbonyl (C=O) groups excluding carboxylic acids is 1. The topological polar surface area (TPSA) is 29.5 Å². The van der Waals surface area contributed by atoms with Crippen LogP contribution in [0.25, 0.3) is 0 Å². The number of hydrogen-bond acceptors (Lipinski definition) is 2.